The van der Waals surface area contributed by atoms with E-state index in [2.05, 4.69) is 24.0 Å². The first-order valence-corrected chi connectivity index (χ1v) is 10.00. The Morgan fingerprint density at radius 2 is 1.73 bits per heavy atom. The molecule has 0 saturated carbocycles. The highest BCUT2D eigenvalue weighted by Crippen LogP contribution is 2.25. The van der Waals surface area contributed by atoms with Crippen LogP contribution in [0.1, 0.15) is 43.8 Å². The van der Waals surface area contributed by atoms with E-state index in [0.717, 1.165) is 28.1 Å². The Kier molecular flexibility index (Phi) is 4.52. The predicted octanol–water partition coefficient (Wildman–Crippen LogP) is 2.47. The quantitative estimate of drug-likeness (QED) is 0.520. The Bertz CT molecular complexity index is 1430. The van der Waals surface area contributed by atoms with Gasteiger partial charge in [0.2, 0.25) is 5.78 Å². The van der Waals surface area contributed by atoms with Crippen LogP contribution in [0.15, 0.2) is 33.9 Å². The molecule has 0 spiro atoms. The van der Waals surface area contributed by atoms with E-state index in [9.17, 15) is 14.4 Å². The van der Waals surface area contributed by atoms with E-state index in [4.69, 9.17) is 0 Å². The molecule has 0 fully saturated rings. The molecule has 1 aromatic carbocycles. The standard InChI is InChI=1S/C22H25N5O3/c1-7-16-8-10-17(11-9-16)25-12(2)13(3)26-18-19(23-21(25)26)24(6)22(30)27(20(18)29)14(4)15(5)28/h8-11,14H,7H2,1-6H3/t14-/m0/s1. The third-order valence-corrected chi connectivity index (χ3v) is 6.05. The van der Waals surface area contributed by atoms with Gasteiger partial charge in [-0.15, -0.1) is 0 Å². The number of aromatic nitrogens is 5. The minimum absolute atomic E-state index is 0.254. The lowest BCUT2D eigenvalue weighted by molar-refractivity contribution is -0.119. The summed E-state index contributed by atoms with van der Waals surface area (Å²) < 4.78 is 6.12. The Labute approximate surface area is 173 Å². The fraction of sp³-hybridized carbons (Fsp3) is 0.364. The summed E-state index contributed by atoms with van der Waals surface area (Å²) in [5.74, 6) is 0.306. The molecule has 0 aliphatic rings. The second-order valence-electron chi connectivity index (χ2n) is 7.75. The zero-order valence-corrected chi connectivity index (χ0v) is 18.1. The number of hydrogen-bond acceptors (Lipinski definition) is 4. The van der Waals surface area contributed by atoms with Gasteiger partial charge < -0.3 is 0 Å². The van der Waals surface area contributed by atoms with Gasteiger partial charge in [0.05, 0.1) is 6.04 Å². The van der Waals surface area contributed by atoms with Crippen molar-refractivity contribution in [3.8, 4) is 5.69 Å². The molecule has 3 heterocycles. The largest absolute Gasteiger partial charge is 0.333 e. The summed E-state index contributed by atoms with van der Waals surface area (Å²) in [6.07, 6.45) is 0.947. The summed E-state index contributed by atoms with van der Waals surface area (Å²) in [4.78, 5) is 42.8. The SMILES string of the molecule is CCc1ccc(-n2c(C)c(C)n3c4c(=O)n([C@@H](C)C(C)=O)c(=O)n(C)c4nc23)cc1. The van der Waals surface area contributed by atoms with Gasteiger partial charge in [-0.2, -0.15) is 4.98 Å². The highest BCUT2D eigenvalue weighted by molar-refractivity contribution is 5.81. The average molecular weight is 407 g/mol. The predicted molar refractivity (Wildman–Crippen MR) is 116 cm³/mol. The van der Waals surface area contributed by atoms with Crippen molar-refractivity contribution in [2.45, 2.75) is 47.1 Å². The van der Waals surface area contributed by atoms with Gasteiger partial charge in [0.15, 0.2) is 16.9 Å². The number of hydrogen-bond donors (Lipinski definition) is 0. The molecule has 0 saturated heterocycles. The van der Waals surface area contributed by atoms with E-state index in [-0.39, 0.29) is 5.78 Å². The van der Waals surface area contributed by atoms with Crippen molar-refractivity contribution in [1.29, 1.82) is 0 Å². The molecule has 156 valence electrons. The van der Waals surface area contributed by atoms with Gasteiger partial charge in [0.1, 0.15) is 0 Å². The molecule has 1 atom stereocenters. The van der Waals surface area contributed by atoms with Gasteiger partial charge in [-0.3, -0.25) is 23.1 Å². The molecule has 0 aliphatic heterocycles. The van der Waals surface area contributed by atoms with E-state index in [0.29, 0.717) is 16.9 Å². The van der Waals surface area contributed by atoms with Gasteiger partial charge >= 0.3 is 5.69 Å². The van der Waals surface area contributed by atoms with Crippen LogP contribution >= 0.6 is 0 Å². The van der Waals surface area contributed by atoms with Crippen LogP contribution in [0.4, 0.5) is 0 Å². The molecule has 4 rings (SSSR count). The molecule has 0 N–H and O–H groups in total. The Balaban J connectivity index is 2.15. The zero-order valence-electron chi connectivity index (χ0n) is 18.1. The number of Topliss-reactive ketones (excluding diaryl/α,β-unsaturated/α-hetero) is 1. The number of fused-ring (bicyclic) bond motifs is 3. The lowest BCUT2D eigenvalue weighted by Gasteiger charge is -2.12. The molecule has 8 nitrogen and oxygen atoms in total. The number of rotatable bonds is 4. The third-order valence-electron chi connectivity index (χ3n) is 6.05. The van der Waals surface area contributed by atoms with Crippen molar-refractivity contribution in [2.24, 2.45) is 7.05 Å². The van der Waals surface area contributed by atoms with Crippen LogP contribution in [0, 0.1) is 13.8 Å². The first-order chi connectivity index (χ1) is 14.2. The number of imidazole rings is 2. The topological polar surface area (TPSA) is 83.3 Å². The lowest BCUT2D eigenvalue weighted by atomic mass is 10.1. The highest BCUT2D eigenvalue weighted by Gasteiger charge is 2.25. The van der Waals surface area contributed by atoms with Crippen molar-refractivity contribution in [2.75, 3.05) is 0 Å². The molecule has 4 aromatic rings. The minimum atomic E-state index is -0.851. The molecule has 30 heavy (non-hydrogen) atoms. The van der Waals surface area contributed by atoms with Crippen molar-refractivity contribution in [1.82, 2.24) is 23.1 Å². The van der Waals surface area contributed by atoms with Crippen LogP contribution in [0.25, 0.3) is 22.6 Å². The van der Waals surface area contributed by atoms with Gasteiger partial charge in [-0.25, -0.2) is 9.36 Å². The van der Waals surface area contributed by atoms with E-state index >= 15 is 0 Å². The maximum atomic E-state index is 13.3. The van der Waals surface area contributed by atoms with Crippen molar-refractivity contribution < 1.29 is 4.79 Å². The first kappa shape index (κ1) is 19.9. The molecule has 3 aromatic heterocycles. The minimum Gasteiger partial charge on any atom is -0.298 e. The van der Waals surface area contributed by atoms with Gasteiger partial charge in [0.25, 0.3) is 5.56 Å². The zero-order chi connectivity index (χ0) is 21.9. The number of carbonyl (C=O) groups is 1. The summed E-state index contributed by atoms with van der Waals surface area (Å²) in [6, 6.07) is 7.34. The Hall–Kier alpha value is -3.42. The molecular weight excluding hydrogens is 382 g/mol. The average Bonchev–Trinajstić information content (AvgIpc) is 3.22. The Morgan fingerprint density at radius 1 is 1.10 bits per heavy atom. The number of ketones is 1. The van der Waals surface area contributed by atoms with Crippen LogP contribution in [-0.4, -0.2) is 28.9 Å². The highest BCUT2D eigenvalue weighted by atomic mass is 16.2. The smallest absolute Gasteiger partial charge is 0.298 e. The monoisotopic (exact) mass is 407 g/mol. The lowest BCUT2D eigenvalue weighted by Crippen LogP contribution is -2.42. The molecule has 0 aliphatic carbocycles. The number of nitrogens with zero attached hydrogens (tertiary/aromatic N) is 5. The fourth-order valence-corrected chi connectivity index (χ4v) is 3.93. The second-order valence-corrected chi connectivity index (χ2v) is 7.75. The van der Waals surface area contributed by atoms with Gasteiger partial charge in [-0.1, -0.05) is 19.1 Å². The summed E-state index contributed by atoms with van der Waals surface area (Å²) in [5, 5.41) is 0. The number of carbonyl (C=O) groups excluding carboxylic acids is 1. The Morgan fingerprint density at radius 3 is 2.30 bits per heavy atom. The van der Waals surface area contributed by atoms with Crippen molar-refractivity contribution in [3.63, 3.8) is 0 Å². The first-order valence-electron chi connectivity index (χ1n) is 10.00. The summed E-state index contributed by atoms with van der Waals surface area (Å²) in [7, 11) is 1.57. The van der Waals surface area contributed by atoms with Crippen LogP contribution in [0.2, 0.25) is 0 Å². The van der Waals surface area contributed by atoms with Crippen molar-refractivity contribution in [3.05, 3.63) is 62.1 Å². The summed E-state index contributed by atoms with van der Waals surface area (Å²) in [5.41, 5.74) is 3.49. The van der Waals surface area contributed by atoms with Crippen molar-refractivity contribution >= 4 is 22.7 Å². The van der Waals surface area contributed by atoms with E-state index in [1.54, 1.807) is 18.4 Å². The molecule has 0 radical (unpaired) electrons. The van der Waals surface area contributed by atoms with Crippen LogP contribution in [0.3, 0.4) is 0 Å². The maximum absolute atomic E-state index is 13.3. The summed E-state index contributed by atoms with van der Waals surface area (Å²) in [6.45, 7) is 8.94. The van der Waals surface area contributed by atoms with Crippen LogP contribution < -0.4 is 11.2 Å². The van der Waals surface area contributed by atoms with Gasteiger partial charge in [0, 0.05) is 24.1 Å². The molecule has 0 bridgehead atoms. The molecule has 0 amide bonds. The molecular formula is C22H25N5O3. The number of benzene rings is 1. The van der Waals surface area contributed by atoms with E-state index in [1.165, 1.54) is 17.1 Å². The molecule has 8 heteroatoms. The summed E-state index contributed by atoms with van der Waals surface area (Å²) >= 11 is 0. The van der Waals surface area contributed by atoms with Gasteiger partial charge in [-0.05, 0) is 51.8 Å². The fourth-order valence-electron chi connectivity index (χ4n) is 3.93. The van der Waals surface area contributed by atoms with E-state index < -0.39 is 17.3 Å². The second kappa shape index (κ2) is 6.83. The van der Waals surface area contributed by atoms with Crippen LogP contribution in [-0.2, 0) is 18.3 Å². The maximum Gasteiger partial charge on any atom is 0.333 e. The van der Waals surface area contributed by atoms with E-state index in [1.807, 2.05) is 30.5 Å². The molecule has 0 unspecified atom stereocenters. The third kappa shape index (κ3) is 2.59. The van der Waals surface area contributed by atoms with Crippen LogP contribution in [0.5, 0.6) is 0 Å². The normalized spacial score (nSPS) is 12.7. The number of aryl methyl sites for hydroxylation is 3.